The average Bonchev–Trinajstić information content (AvgIpc) is 2.46. The van der Waals surface area contributed by atoms with Crippen LogP contribution in [0.5, 0.6) is 0 Å². The second-order valence-corrected chi connectivity index (χ2v) is 4.45. The van der Waals surface area contributed by atoms with Crippen LogP contribution in [-0.2, 0) is 9.53 Å². The summed E-state index contributed by atoms with van der Waals surface area (Å²) in [4.78, 5) is 33.9. The minimum atomic E-state index is -0.734. The van der Waals surface area contributed by atoms with Crippen LogP contribution in [0.15, 0.2) is 18.2 Å². The number of rotatable bonds is 7. The lowest BCUT2D eigenvalue weighted by Crippen LogP contribution is -2.16. The van der Waals surface area contributed by atoms with E-state index in [1.807, 2.05) is 6.92 Å². The molecular weight excluding hydrogens is 276 g/mol. The first kappa shape index (κ1) is 16.6. The molecule has 0 atom stereocenters. The molecule has 114 valence electrons. The van der Waals surface area contributed by atoms with Crippen molar-refractivity contribution >= 4 is 23.3 Å². The summed E-state index contributed by atoms with van der Waals surface area (Å²) >= 11 is 0. The highest BCUT2D eigenvalue weighted by Gasteiger charge is 2.23. The maximum Gasteiger partial charge on any atom is 0.340 e. The van der Waals surface area contributed by atoms with Crippen LogP contribution in [0.25, 0.3) is 0 Å². The highest BCUT2D eigenvalue weighted by molar-refractivity contribution is 6.03. The molecule has 1 N–H and O–H groups in total. The number of esters is 1. The lowest BCUT2D eigenvalue weighted by molar-refractivity contribution is -0.384. The van der Waals surface area contributed by atoms with E-state index in [-0.39, 0.29) is 29.3 Å². The second-order valence-electron chi connectivity index (χ2n) is 4.45. The Morgan fingerprint density at radius 2 is 2.05 bits per heavy atom. The number of carbonyl (C=O) groups excluding carboxylic acids is 2. The van der Waals surface area contributed by atoms with Gasteiger partial charge in [-0.05, 0) is 12.5 Å². The number of nitrogens with zero attached hydrogens (tertiary/aromatic N) is 1. The summed E-state index contributed by atoms with van der Waals surface area (Å²) in [6.07, 6.45) is 2.80. The zero-order valence-corrected chi connectivity index (χ0v) is 12.0. The first-order chi connectivity index (χ1) is 10.0. The van der Waals surface area contributed by atoms with Crippen LogP contribution in [0.1, 0.15) is 43.0 Å². The number of para-hydroxylation sites is 1. The van der Waals surface area contributed by atoms with E-state index in [0.29, 0.717) is 6.42 Å². The molecule has 0 unspecified atom stereocenters. The van der Waals surface area contributed by atoms with E-state index in [2.05, 4.69) is 10.1 Å². The number of amides is 1. The molecule has 0 radical (unpaired) electrons. The maximum atomic E-state index is 11.8. The zero-order valence-electron chi connectivity index (χ0n) is 12.0. The van der Waals surface area contributed by atoms with Gasteiger partial charge >= 0.3 is 5.97 Å². The third-order valence-corrected chi connectivity index (χ3v) is 2.92. The zero-order chi connectivity index (χ0) is 15.8. The van der Waals surface area contributed by atoms with Gasteiger partial charge < -0.3 is 10.1 Å². The number of benzene rings is 1. The van der Waals surface area contributed by atoms with E-state index >= 15 is 0 Å². The molecule has 1 rings (SSSR count). The van der Waals surface area contributed by atoms with E-state index in [0.717, 1.165) is 12.8 Å². The van der Waals surface area contributed by atoms with Gasteiger partial charge in [-0.1, -0.05) is 25.8 Å². The molecule has 21 heavy (non-hydrogen) atoms. The highest BCUT2D eigenvalue weighted by Crippen LogP contribution is 2.29. The van der Waals surface area contributed by atoms with Crippen LogP contribution < -0.4 is 5.32 Å². The van der Waals surface area contributed by atoms with Crippen LogP contribution in [0.2, 0.25) is 0 Å². The predicted octanol–water partition coefficient (Wildman–Crippen LogP) is 2.90. The Hall–Kier alpha value is -2.44. The Bertz CT molecular complexity index is 542. The Kier molecular flexibility index (Phi) is 6.32. The molecule has 1 aromatic carbocycles. The minimum absolute atomic E-state index is 0.0319. The summed E-state index contributed by atoms with van der Waals surface area (Å²) < 4.78 is 4.58. The van der Waals surface area contributed by atoms with Gasteiger partial charge in [0.15, 0.2) is 0 Å². The summed E-state index contributed by atoms with van der Waals surface area (Å²) in [5.74, 6) is -1.09. The van der Waals surface area contributed by atoms with Crippen molar-refractivity contribution in [3.05, 3.63) is 33.9 Å². The Morgan fingerprint density at radius 3 is 2.62 bits per heavy atom. The number of ether oxygens (including phenoxy) is 1. The Balaban J connectivity index is 3.04. The average molecular weight is 294 g/mol. The summed E-state index contributed by atoms with van der Waals surface area (Å²) in [5, 5.41) is 13.5. The fraction of sp³-hybridized carbons (Fsp3) is 0.429. The standard InChI is InChI=1S/C14H18N2O5/c1-3-4-5-9-12(17)15-13-10(14(18)21-2)7-6-8-11(13)16(19)20/h6-8H,3-5,9H2,1-2H3,(H,15,17). The van der Waals surface area contributed by atoms with Gasteiger partial charge in [0, 0.05) is 12.5 Å². The molecule has 7 heteroatoms. The number of nitro benzene ring substituents is 1. The third kappa shape index (κ3) is 4.55. The summed E-state index contributed by atoms with van der Waals surface area (Å²) in [6, 6.07) is 3.98. The van der Waals surface area contributed by atoms with Crippen molar-refractivity contribution in [2.75, 3.05) is 12.4 Å². The largest absolute Gasteiger partial charge is 0.465 e. The van der Waals surface area contributed by atoms with Gasteiger partial charge in [-0.25, -0.2) is 4.79 Å². The molecule has 7 nitrogen and oxygen atoms in total. The van der Waals surface area contributed by atoms with E-state index < -0.39 is 10.9 Å². The number of carbonyl (C=O) groups is 2. The second kappa shape index (κ2) is 7.98. The van der Waals surface area contributed by atoms with Crippen molar-refractivity contribution in [1.82, 2.24) is 0 Å². The molecule has 0 heterocycles. The fourth-order valence-corrected chi connectivity index (χ4v) is 1.84. The topological polar surface area (TPSA) is 98.5 Å². The first-order valence-corrected chi connectivity index (χ1v) is 6.66. The molecule has 1 amide bonds. The van der Waals surface area contributed by atoms with E-state index in [1.54, 1.807) is 0 Å². The SMILES string of the molecule is CCCCCC(=O)Nc1c(C(=O)OC)cccc1[N+](=O)[O-]. The first-order valence-electron chi connectivity index (χ1n) is 6.66. The van der Waals surface area contributed by atoms with Crippen molar-refractivity contribution < 1.29 is 19.2 Å². The van der Waals surface area contributed by atoms with Crippen molar-refractivity contribution in [3.8, 4) is 0 Å². The summed E-state index contributed by atoms with van der Waals surface area (Å²) in [7, 11) is 1.17. The van der Waals surface area contributed by atoms with Crippen molar-refractivity contribution in [2.45, 2.75) is 32.6 Å². The van der Waals surface area contributed by atoms with Gasteiger partial charge in [-0.2, -0.15) is 0 Å². The van der Waals surface area contributed by atoms with Gasteiger partial charge in [-0.3, -0.25) is 14.9 Å². The molecule has 0 aliphatic heterocycles. The van der Waals surface area contributed by atoms with Gasteiger partial charge in [-0.15, -0.1) is 0 Å². The summed E-state index contributed by atoms with van der Waals surface area (Å²) in [6.45, 7) is 2.01. The number of nitro groups is 1. The molecule has 0 bridgehead atoms. The fourth-order valence-electron chi connectivity index (χ4n) is 1.84. The van der Waals surface area contributed by atoms with E-state index in [1.165, 1.54) is 25.3 Å². The summed E-state index contributed by atoms with van der Waals surface area (Å²) in [5.41, 5.74) is -0.479. The Labute approximate surface area is 122 Å². The number of hydrogen-bond acceptors (Lipinski definition) is 5. The van der Waals surface area contributed by atoms with Crippen LogP contribution in [0.3, 0.4) is 0 Å². The monoisotopic (exact) mass is 294 g/mol. The van der Waals surface area contributed by atoms with E-state index in [4.69, 9.17) is 0 Å². The van der Waals surface area contributed by atoms with Gasteiger partial charge in [0.2, 0.25) is 5.91 Å². The number of unbranched alkanes of at least 4 members (excludes halogenated alkanes) is 2. The van der Waals surface area contributed by atoms with Crippen molar-refractivity contribution in [3.63, 3.8) is 0 Å². The van der Waals surface area contributed by atoms with Crippen molar-refractivity contribution in [2.24, 2.45) is 0 Å². The molecule has 1 aromatic rings. The quantitative estimate of drug-likeness (QED) is 0.361. The van der Waals surface area contributed by atoms with Crippen LogP contribution in [0.4, 0.5) is 11.4 Å². The smallest absolute Gasteiger partial charge is 0.340 e. The van der Waals surface area contributed by atoms with E-state index in [9.17, 15) is 19.7 Å². The van der Waals surface area contributed by atoms with Crippen molar-refractivity contribution in [1.29, 1.82) is 0 Å². The molecule has 0 saturated heterocycles. The molecule has 0 spiro atoms. The normalized spacial score (nSPS) is 10.0. The van der Waals surface area contributed by atoms with Gasteiger partial charge in [0.05, 0.1) is 17.6 Å². The lowest BCUT2D eigenvalue weighted by atomic mass is 10.1. The third-order valence-electron chi connectivity index (χ3n) is 2.92. The maximum absolute atomic E-state index is 11.8. The minimum Gasteiger partial charge on any atom is -0.465 e. The van der Waals surface area contributed by atoms with Crippen LogP contribution >= 0.6 is 0 Å². The van der Waals surface area contributed by atoms with Crippen LogP contribution in [-0.4, -0.2) is 23.9 Å². The molecular formula is C14H18N2O5. The van der Waals surface area contributed by atoms with Crippen LogP contribution in [0, 0.1) is 10.1 Å². The number of methoxy groups -OCH3 is 1. The molecule has 0 fully saturated rings. The van der Waals surface area contributed by atoms with Gasteiger partial charge in [0.1, 0.15) is 5.69 Å². The van der Waals surface area contributed by atoms with Gasteiger partial charge in [0.25, 0.3) is 5.69 Å². The molecule has 0 saturated carbocycles. The molecule has 0 aromatic heterocycles. The lowest BCUT2D eigenvalue weighted by Gasteiger charge is -2.10. The molecule has 0 aliphatic rings. The number of anilines is 1. The number of hydrogen-bond donors (Lipinski definition) is 1. The number of nitrogens with one attached hydrogen (secondary N) is 1. The predicted molar refractivity (Wildman–Crippen MR) is 77.2 cm³/mol. The Morgan fingerprint density at radius 1 is 1.33 bits per heavy atom. The highest BCUT2D eigenvalue weighted by atomic mass is 16.6. The molecule has 0 aliphatic carbocycles.